The number of amides is 1. The smallest absolute Gasteiger partial charge is 0.354 e. The van der Waals surface area contributed by atoms with Crippen LogP contribution < -0.4 is 9.64 Å². The first kappa shape index (κ1) is 33.7. The number of nitrogens with zero attached hydrogens (tertiary/aromatic N) is 6. The van der Waals surface area contributed by atoms with Gasteiger partial charge in [-0.3, -0.25) is 14.4 Å². The molecule has 0 saturated heterocycles. The van der Waals surface area contributed by atoms with E-state index in [1.165, 1.54) is 6.07 Å². The van der Waals surface area contributed by atoms with Crippen molar-refractivity contribution in [2.75, 3.05) is 18.1 Å². The predicted molar refractivity (Wildman–Crippen MR) is 197 cm³/mol. The van der Waals surface area contributed by atoms with Crippen molar-refractivity contribution in [2.24, 2.45) is 14.1 Å². The van der Waals surface area contributed by atoms with Crippen LogP contribution in [0.25, 0.3) is 33.1 Å². The molecule has 1 aliphatic heterocycles. The van der Waals surface area contributed by atoms with Gasteiger partial charge < -0.3 is 19.0 Å². The highest BCUT2D eigenvalue weighted by Gasteiger charge is 2.37. The first-order valence-corrected chi connectivity index (χ1v) is 17.3. The van der Waals surface area contributed by atoms with Gasteiger partial charge in [-0.25, -0.2) is 9.78 Å². The van der Waals surface area contributed by atoms with E-state index in [4.69, 9.17) is 33.0 Å². The zero-order chi connectivity index (χ0) is 35.8. The number of aryl methyl sites for hydroxylation is 6. The third-order valence-electron chi connectivity index (χ3n) is 9.93. The van der Waals surface area contributed by atoms with Crippen LogP contribution in [-0.2, 0) is 20.5 Å². The molecular formula is C38H38Cl2N6O4. The molecular weight excluding hydrogens is 675 g/mol. The number of aromatic nitrogens is 5. The van der Waals surface area contributed by atoms with Gasteiger partial charge in [0.05, 0.1) is 33.9 Å². The highest BCUT2D eigenvalue weighted by molar-refractivity contribution is 6.35. The van der Waals surface area contributed by atoms with Crippen LogP contribution in [0.4, 0.5) is 5.82 Å². The van der Waals surface area contributed by atoms with Gasteiger partial charge in [0.25, 0.3) is 5.91 Å². The van der Waals surface area contributed by atoms with Crippen LogP contribution >= 0.6 is 23.2 Å². The fourth-order valence-corrected chi connectivity index (χ4v) is 7.86. The Hall–Kier alpha value is -4.80. The largest absolute Gasteiger partial charge is 0.494 e. The molecule has 1 amide bonds. The molecule has 4 aromatic heterocycles. The van der Waals surface area contributed by atoms with Crippen molar-refractivity contribution >= 4 is 62.8 Å². The standard InChI is InChI=1S/C38H38Cl2N6O4/c1-19-15-24(16-20(2)34(19)40)50-14-8-9-25-26-10-11-27(39)33(32-22(4)42-44(7)23(32)5)35(26)46-21(3)18-45(37(47)36(25)46)31-17-29-30(43(31)6)13-12-28(41-29)38(48)49/h10-13,15-17,21H,8-9,14,18H2,1-7H3,(H,48,49)/t21-/m1/s1. The van der Waals surface area contributed by atoms with Crippen LogP contribution in [0, 0.1) is 27.7 Å². The Balaban J connectivity index is 1.36. The monoisotopic (exact) mass is 712 g/mol. The van der Waals surface area contributed by atoms with Crippen molar-refractivity contribution in [1.82, 2.24) is 23.9 Å². The summed E-state index contributed by atoms with van der Waals surface area (Å²) < 4.78 is 12.1. The summed E-state index contributed by atoms with van der Waals surface area (Å²) in [4.78, 5) is 32.7. The number of fused-ring (bicyclic) bond motifs is 4. The minimum Gasteiger partial charge on any atom is -0.494 e. The molecule has 0 bridgehead atoms. The lowest BCUT2D eigenvalue weighted by Gasteiger charge is -2.34. The summed E-state index contributed by atoms with van der Waals surface area (Å²) in [5.41, 5.74) is 9.23. The number of rotatable bonds is 8. The van der Waals surface area contributed by atoms with Gasteiger partial charge in [-0.15, -0.1) is 0 Å². The molecule has 258 valence electrons. The summed E-state index contributed by atoms with van der Waals surface area (Å²) in [6, 6.07) is 12.7. The van der Waals surface area contributed by atoms with Crippen molar-refractivity contribution in [1.29, 1.82) is 0 Å². The number of pyridine rings is 1. The number of aromatic carboxylic acids is 1. The van der Waals surface area contributed by atoms with Gasteiger partial charge in [0, 0.05) is 60.0 Å². The second-order valence-corrected chi connectivity index (χ2v) is 14.0. The maximum Gasteiger partial charge on any atom is 0.354 e. The summed E-state index contributed by atoms with van der Waals surface area (Å²) in [6.45, 7) is 10.9. The molecule has 1 aliphatic rings. The molecule has 6 aromatic rings. The van der Waals surface area contributed by atoms with Crippen LogP contribution in [0.2, 0.25) is 10.0 Å². The highest BCUT2D eigenvalue weighted by atomic mass is 35.5. The van der Waals surface area contributed by atoms with Crippen LogP contribution in [0.5, 0.6) is 5.75 Å². The first-order chi connectivity index (χ1) is 23.8. The molecule has 2 aromatic carbocycles. The van der Waals surface area contributed by atoms with Gasteiger partial charge in [-0.05, 0) is 94.5 Å². The van der Waals surface area contributed by atoms with Crippen molar-refractivity contribution in [3.05, 3.63) is 92.0 Å². The molecule has 10 nitrogen and oxygen atoms in total. The lowest BCUT2D eigenvalue weighted by molar-refractivity contribution is 0.0690. The molecule has 1 atom stereocenters. The lowest BCUT2D eigenvalue weighted by Crippen LogP contribution is -2.43. The second-order valence-electron chi connectivity index (χ2n) is 13.2. The number of carboxylic acid groups (broad SMARTS) is 1. The van der Waals surface area contributed by atoms with Gasteiger partial charge in [0.2, 0.25) is 0 Å². The Morgan fingerprint density at radius 1 is 1.02 bits per heavy atom. The molecule has 0 unspecified atom stereocenters. The van der Waals surface area contributed by atoms with Crippen molar-refractivity contribution in [3.63, 3.8) is 0 Å². The number of hydrogen-bond donors (Lipinski definition) is 1. The van der Waals surface area contributed by atoms with Crippen LogP contribution in [0.3, 0.4) is 0 Å². The SMILES string of the molecule is Cc1cc(OCCCc2c3n(c4c(-c5c(C)nn(C)c5C)c(Cl)ccc24)[C@H](C)CN(c2cc4nc(C(=O)O)ccc4n2C)C3=O)cc(C)c1Cl. The van der Waals surface area contributed by atoms with Gasteiger partial charge in [0.15, 0.2) is 0 Å². The number of benzene rings is 2. The van der Waals surface area contributed by atoms with E-state index < -0.39 is 5.97 Å². The number of hydrogen-bond acceptors (Lipinski definition) is 5. The molecule has 0 aliphatic carbocycles. The Morgan fingerprint density at radius 3 is 2.40 bits per heavy atom. The van der Waals surface area contributed by atoms with Crippen molar-refractivity contribution in [3.8, 4) is 16.9 Å². The van der Waals surface area contributed by atoms with Crippen molar-refractivity contribution < 1.29 is 19.4 Å². The molecule has 0 radical (unpaired) electrons. The summed E-state index contributed by atoms with van der Waals surface area (Å²) in [5, 5.41) is 16.5. The zero-order valence-electron chi connectivity index (χ0n) is 29.1. The van der Waals surface area contributed by atoms with Gasteiger partial charge in [-0.2, -0.15) is 5.10 Å². The van der Waals surface area contributed by atoms with Gasteiger partial charge in [0.1, 0.15) is 23.0 Å². The molecule has 5 heterocycles. The molecule has 50 heavy (non-hydrogen) atoms. The fourth-order valence-electron chi connectivity index (χ4n) is 7.50. The summed E-state index contributed by atoms with van der Waals surface area (Å²) >= 11 is 13.4. The topological polar surface area (TPSA) is 107 Å². The average molecular weight is 714 g/mol. The van der Waals surface area contributed by atoms with E-state index in [2.05, 4.69) is 16.5 Å². The Bertz CT molecular complexity index is 2360. The summed E-state index contributed by atoms with van der Waals surface area (Å²) in [6.07, 6.45) is 1.24. The van der Waals surface area contributed by atoms with E-state index in [-0.39, 0.29) is 17.6 Å². The zero-order valence-corrected chi connectivity index (χ0v) is 30.6. The summed E-state index contributed by atoms with van der Waals surface area (Å²) in [5.74, 6) is 0.151. The first-order valence-electron chi connectivity index (χ1n) is 16.6. The minimum atomic E-state index is -1.10. The molecule has 12 heteroatoms. The van der Waals surface area contributed by atoms with Gasteiger partial charge in [-0.1, -0.05) is 29.3 Å². The number of halogens is 2. The maximum absolute atomic E-state index is 14.9. The molecule has 0 saturated carbocycles. The Labute approximate surface area is 299 Å². The third kappa shape index (κ3) is 5.32. The van der Waals surface area contributed by atoms with Crippen LogP contribution in [0.1, 0.15) is 68.4 Å². The number of carbonyl (C=O) groups excluding carboxylic acids is 1. The average Bonchev–Trinajstić information content (AvgIpc) is 3.67. The minimum absolute atomic E-state index is 0.0491. The van der Waals surface area contributed by atoms with E-state index >= 15 is 0 Å². The fraction of sp³-hybridized carbons (Fsp3) is 0.316. The molecule has 1 N–H and O–H groups in total. The van der Waals surface area contributed by atoms with E-state index in [0.717, 1.165) is 66.4 Å². The van der Waals surface area contributed by atoms with Crippen molar-refractivity contribution in [2.45, 2.75) is 53.5 Å². The number of ether oxygens (including phenoxy) is 1. The quantitative estimate of drug-likeness (QED) is 0.159. The maximum atomic E-state index is 14.9. The van der Waals surface area contributed by atoms with Gasteiger partial charge >= 0.3 is 5.97 Å². The molecule has 0 spiro atoms. The number of anilines is 1. The Morgan fingerprint density at radius 2 is 1.74 bits per heavy atom. The second kappa shape index (κ2) is 12.5. The van der Waals surface area contributed by atoms with E-state index in [9.17, 15) is 14.7 Å². The molecule has 0 fully saturated rings. The molecule has 7 rings (SSSR count). The van der Waals surface area contributed by atoms with Crippen LogP contribution in [-0.4, -0.2) is 54.0 Å². The lowest BCUT2D eigenvalue weighted by atomic mass is 9.98. The predicted octanol–water partition coefficient (Wildman–Crippen LogP) is 8.40. The number of carbonyl (C=O) groups is 2. The van der Waals surface area contributed by atoms with E-state index in [1.54, 1.807) is 17.0 Å². The van der Waals surface area contributed by atoms with Crippen LogP contribution in [0.15, 0.2) is 42.5 Å². The number of carboxylic acids is 1. The van der Waals surface area contributed by atoms with E-state index in [1.807, 2.05) is 75.3 Å². The third-order valence-corrected chi connectivity index (χ3v) is 10.8. The normalized spacial score (nSPS) is 14.6. The van der Waals surface area contributed by atoms with E-state index in [0.29, 0.717) is 48.0 Å². The highest BCUT2D eigenvalue weighted by Crippen LogP contribution is 2.45. The Kier molecular flexibility index (Phi) is 8.43. The summed E-state index contributed by atoms with van der Waals surface area (Å²) in [7, 11) is 3.79.